The molecule has 5 heteroatoms. The zero-order valence-corrected chi connectivity index (χ0v) is 12.5. The molecule has 0 aliphatic rings. The molecule has 2 amide bonds. The average Bonchev–Trinajstić information content (AvgIpc) is 2.54. The summed E-state index contributed by atoms with van der Waals surface area (Å²) in [6.45, 7) is 1.43. The molecule has 23 heavy (non-hydrogen) atoms. The molecule has 0 saturated heterocycles. The van der Waals surface area contributed by atoms with Gasteiger partial charge in [-0.25, -0.2) is 0 Å². The molecule has 3 rings (SSSR count). The maximum atomic E-state index is 12.3. The van der Waals surface area contributed by atoms with Gasteiger partial charge >= 0.3 is 0 Å². The SMILES string of the molecule is CC(=O)Nc1cccc(NC(=O)c2cc3ccccc3cn2)c1. The summed E-state index contributed by atoms with van der Waals surface area (Å²) >= 11 is 0. The van der Waals surface area contributed by atoms with E-state index in [1.165, 1.54) is 6.92 Å². The summed E-state index contributed by atoms with van der Waals surface area (Å²) in [7, 11) is 0. The largest absolute Gasteiger partial charge is 0.326 e. The molecule has 0 atom stereocenters. The van der Waals surface area contributed by atoms with E-state index in [4.69, 9.17) is 0 Å². The number of nitrogens with zero attached hydrogens (tertiary/aromatic N) is 1. The van der Waals surface area contributed by atoms with E-state index in [2.05, 4.69) is 15.6 Å². The van der Waals surface area contributed by atoms with E-state index in [0.717, 1.165) is 10.8 Å². The van der Waals surface area contributed by atoms with Crippen LogP contribution < -0.4 is 10.6 Å². The summed E-state index contributed by atoms with van der Waals surface area (Å²) in [5, 5.41) is 7.40. The van der Waals surface area contributed by atoms with Gasteiger partial charge in [-0.15, -0.1) is 0 Å². The number of amides is 2. The molecular formula is C18H15N3O2. The maximum absolute atomic E-state index is 12.3. The third-order valence-corrected chi connectivity index (χ3v) is 3.30. The van der Waals surface area contributed by atoms with Crippen molar-refractivity contribution in [1.82, 2.24) is 4.98 Å². The fourth-order valence-corrected chi connectivity index (χ4v) is 2.28. The van der Waals surface area contributed by atoms with Crippen molar-refractivity contribution in [2.45, 2.75) is 6.92 Å². The molecule has 3 aromatic rings. The lowest BCUT2D eigenvalue weighted by Crippen LogP contribution is -2.14. The Kier molecular flexibility index (Phi) is 4.01. The van der Waals surface area contributed by atoms with Crippen molar-refractivity contribution in [3.8, 4) is 0 Å². The third-order valence-electron chi connectivity index (χ3n) is 3.30. The highest BCUT2D eigenvalue weighted by Crippen LogP contribution is 2.17. The highest BCUT2D eigenvalue weighted by Gasteiger charge is 2.09. The first-order chi connectivity index (χ1) is 11.1. The zero-order valence-electron chi connectivity index (χ0n) is 12.5. The first-order valence-electron chi connectivity index (χ1n) is 7.15. The molecule has 114 valence electrons. The molecule has 2 N–H and O–H groups in total. The number of nitrogens with one attached hydrogen (secondary N) is 2. The van der Waals surface area contributed by atoms with Gasteiger partial charge in [-0.3, -0.25) is 14.6 Å². The Morgan fingerprint density at radius 2 is 1.57 bits per heavy atom. The molecular weight excluding hydrogens is 290 g/mol. The predicted octanol–water partition coefficient (Wildman–Crippen LogP) is 3.45. The lowest BCUT2D eigenvalue weighted by atomic mass is 10.1. The van der Waals surface area contributed by atoms with Crippen molar-refractivity contribution in [1.29, 1.82) is 0 Å². The molecule has 0 spiro atoms. The first kappa shape index (κ1) is 14.7. The second-order valence-corrected chi connectivity index (χ2v) is 5.13. The summed E-state index contributed by atoms with van der Waals surface area (Å²) in [4.78, 5) is 27.6. The maximum Gasteiger partial charge on any atom is 0.274 e. The van der Waals surface area contributed by atoms with E-state index in [1.807, 2.05) is 24.3 Å². The van der Waals surface area contributed by atoms with Crippen molar-refractivity contribution < 1.29 is 9.59 Å². The number of carbonyl (C=O) groups excluding carboxylic acids is 2. The highest BCUT2D eigenvalue weighted by atomic mass is 16.2. The number of hydrogen-bond donors (Lipinski definition) is 2. The molecule has 0 radical (unpaired) electrons. The minimum Gasteiger partial charge on any atom is -0.326 e. The molecule has 1 aromatic heterocycles. The number of rotatable bonds is 3. The number of anilines is 2. The van der Waals surface area contributed by atoms with Crippen LogP contribution in [0.15, 0.2) is 60.8 Å². The van der Waals surface area contributed by atoms with E-state index >= 15 is 0 Å². The van der Waals surface area contributed by atoms with Crippen LogP contribution in [0.3, 0.4) is 0 Å². The van der Waals surface area contributed by atoms with E-state index in [1.54, 1.807) is 36.5 Å². The topological polar surface area (TPSA) is 71.1 Å². The fraction of sp³-hybridized carbons (Fsp3) is 0.0556. The van der Waals surface area contributed by atoms with Crippen LogP contribution in [0.4, 0.5) is 11.4 Å². The van der Waals surface area contributed by atoms with E-state index in [9.17, 15) is 9.59 Å². The second-order valence-electron chi connectivity index (χ2n) is 5.13. The van der Waals surface area contributed by atoms with E-state index in [-0.39, 0.29) is 11.8 Å². The number of carbonyl (C=O) groups is 2. The van der Waals surface area contributed by atoms with Gasteiger partial charge in [0.25, 0.3) is 5.91 Å². The third kappa shape index (κ3) is 3.52. The lowest BCUT2D eigenvalue weighted by Gasteiger charge is -2.08. The lowest BCUT2D eigenvalue weighted by molar-refractivity contribution is -0.114. The smallest absolute Gasteiger partial charge is 0.274 e. The van der Waals surface area contributed by atoms with Crippen LogP contribution in [-0.2, 0) is 4.79 Å². The standard InChI is InChI=1S/C18H15N3O2/c1-12(22)20-15-7-4-8-16(10-15)21-18(23)17-9-13-5-2-3-6-14(13)11-19-17/h2-11H,1H3,(H,20,22)(H,21,23). The van der Waals surface area contributed by atoms with Gasteiger partial charge in [0, 0.05) is 29.9 Å². The summed E-state index contributed by atoms with van der Waals surface area (Å²) in [5.74, 6) is -0.458. The van der Waals surface area contributed by atoms with Crippen molar-refractivity contribution in [2.24, 2.45) is 0 Å². The molecule has 0 unspecified atom stereocenters. The quantitative estimate of drug-likeness (QED) is 0.778. The minimum absolute atomic E-state index is 0.162. The number of pyridine rings is 1. The molecule has 2 aromatic carbocycles. The van der Waals surface area contributed by atoms with E-state index in [0.29, 0.717) is 17.1 Å². The zero-order chi connectivity index (χ0) is 16.2. The van der Waals surface area contributed by atoms with Gasteiger partial charge in [0.1, 0.15) is 5.69 Å². The summed E-state index contributed by atoms with van der Waals surface area (Å²) < 4.78 is 0. The Hall–Kier alpha value is -3.21. The monoisotopic (exact) mass is 305 g/mol. The van der Waals surface area contributed by atoms with Crippen molar-refractivity contribution in [3.63, 3.8) is 0 Å². The van der Waals surface area contributed by atoms with Gasteiger partial charge in [0.2, 0.25) is 5.91 Å². The second kappa shape index (κ2) is 6.27. The summed E-state index contributed by atoms with van der Waals surface area (Å²) in [5.41, 5.74) is 1.56. The van der Waals surface area contributed by atoms with Crippen LogP contribution in [0, 0.1) is 0 Å². The number of fused-ring (bicyclic) bond motifs is 1. The van der Waals surface area contributed by atoms with Gasteiger partial charge in [0.05, 0.1) is 0 Å². The van der Waals surface area contributed by atoms with Crippen LogP contribution in [0.25, 0.3) is 10.8 Å². The Labute approximate surface area is 133 Å². The molecule has 0 saturated carbocycles. The number of aromatic nitrogens is 1. The van der Waals surface area contributed by atoms with Crippen LogP contribution in [0.1, 0.15) is 17.4 Å². The highest BCUT2D eigenvalue weighted by molar-refractivity contribution is 6.05. The fourth-order valence-electron chi connectivity index (χ4n) is 2.28. The van der Waals surface area contributed by atoms with Crippen molar-refractivity contribution >= 4 is 34.0 Å². The molecule has 0 bridgehead atoms. The van der Waals surface area contributed by atoms with Gasteiger partial charge in [-0.1, -0.05) is 30.3 Å². The normalized spacial score (nSPS) is 10.3. The van der Waals surface area contributed by atoms with Gasteiger partial charge in [-0.05, 0) is 29.7 Å². The van der Waals surface area contributed by atoms with Gasteiger partial charge in [0.15, 0.2) is 0 Å². The van der Waals surface area contributed by atoms with Crippen LogP contribution in [0.2, 0.25) is 0 Å². The molecule has 5 nitrogen and oxygen atoms in total. The Balaban J connectivity index is 1.81. The van der Waals surface area contributed by atoms with Crippen LogP contribution in [-0.4, -0.2) is 16.8 Å². The average molecular weight is 305 g/mol. The van der Waals surface area contributed by atoms with Crippen molar-refractivity contribution in [3.05, 3.63) is 66.5 Å². The van der Waals surface area contributed by atoms with Crippen LogP contribution in [0.5, 0.6) is 0 Å². The molecule has 0 fully saturated rings. The number of hydrogen-bond acceptors (Lipinski definition) is 3. The minimum atomic E-state index is -0.296. The Morgan fingerprint density at radius 3 is 2.30 bits per heavy atom. The van der Waals surface area contributed by atoms with E-state index < -0.39 is 0 Å². The Bertz CT molecular complexity index is 890. The summed E-state index contributed by atoms with van der Waals surface area (Å²) in [6.07, 6.45) is 1.68. The Morgan fingerprint density at radius 1 is 0.870 bits per heavy atom. The van der Waals surface area contributed by atoms with Gasteiger partial charge < -0.3 is 10.6 Å². The summed E-state index contributed by atoms with van der Waals surface area (Å²) in [6, 6.07) is 16.4. The first-order valence-corrected chi connectivity index (χ1v) is 7.15. The number of benzene rings is 2. The van der Waals surface area contributed by atoms with Gasteiger partial charge in [-0.2, -0.15) is 0 Å². The van der Waals surface area contributed by atoms with Crippen LogP contribution >= 0.6 is 0 Å². The molecule has 0 aliphatic heterocycles. The van der Waals surface area contributed by atoms with Crippen molar-refractivity contribution in [2.75, 3.05) is 10.6 Å². The molecule has 0 aliphatic carbocycles. The predicted molar refractivity (Wildman–Crippen MR) is 90.4 cm³/mol. The molecule has 1 heterocycles.